The molecule has 3 rings (SSSR count). The molecule has 3 aliphatic carbocycles. The second kappa shape index (κ2) is 9.51. The van der Waals surface area contributed by atoms with Gasteiger partial charge in [0.15, 0.2) is 16.6 Å². The van der Waals surface area contributed by atoms with Gasteiger partial charge in [-0.05, 0) is 61.1 Å². The molecule has 5 nitrogen and oxygen atoms in total. The van der Waals surface area contributed by atoms with E-state index in [9.17, 15) is 4.79 Å². The number of ether oxygens (including phenoxy) is 2. The highest BCUT2D eigenvalue weighted by Crippen LogP contribution is 2.58. The van der Waals surface area contributed by atoms with Crippen LogP contribution in [0.2, 0.25) is 37.8 Å². The second-order valence-corrected chi connectivity index (χ2v) is 21.3. The molecule has 2 bridgehead atoms. The number of hydrogen-bond acceptors (Lipinski definition) is 5. The van der Waals surface area contributed by atoms with E-state index in [1.54, 1.807) is 7.11 Å². The van der Waals surface area contributed by atoms with Crippen LogP contribution in [0.3, 0.4) is 0 Å². The molecule has 0 heterocycles. The number of hydrogen-bond donors (Lipinski definition) is 0. The fourth-order valence-corrected chi connectivity index (χ4v) is 7.73. The van der Waals surface area contributed by atoms with Crippen LogP contribution >= 0.6 is 0 Å². The highest BCUT2D eigenvalue weighted by atomic mass is 28.4. The number of ketones is 1. The second-order valence-electron chi connectivity index (χ2n) is 12.0. The van der Waals surface area contributed by atoms with Crippen LogP contribution < -0.4 is 0 Å². The lowest BCUT2D eigenvalue weighted by Crippen LogP contribution is -2.65. The fourth-order valence-electron chi connectivity index (χ4n) is 5.23. The Bertz CT molecular complexity index is 664. The maximum absolute atomic E-state index is 13.3. The van der Waals surface area contributed by atoms with Crippen LogP contribution in [-0.2, 0) is 23.1 Å². The van der Waals surface area contributed by atoms with Gasteiger partial charge in [0.1, 0.15) is 12.6 Å². The van der Waals surface area contributed by atoms with Crippen molar-refractivity contribution in [2.45, 2.75) is 83.9 Å². The van der Waals surface area contributed by atoms with E-state index in [1.165, 1.54) is 0 Å². The van der Waals surface area contributed by atoms with Gasteiger partial charge >= 0.3 is 0 Å². The Morgan fingerprint density at radius 3 is 2.29 bits per heavy atom. The number of fused-ring (bicyclic) bond motifs is 3. The van der Waals surface area contributed by atoms with Crippen molar-refractivity contribution in [2.24, 2.45) is 23.7 Å². The van der Waals surface area contributed by atoms with Gasteiger partial charge in [0.05, 0.1) is 18.1 Å². The predicted octanol–water partition coefficient (Wildman–Crippen LogP) is 5.64. The molecule has 3 fully saturated rings. The Kier molecular flexibility index (Phi) is 8.26. The first-order chi connectivity index (χ1) is 14.1. The first-order valence-electron chi connectivity index (χ1n) is 11.7. The molecule has 0 spiro atoms. The number of rotatable bonds is 10. The van der Waals surface area contributed by atoms with Crippen LogP contribution in [0.1, 0.15) is 40.5 Å². The van der Waals surface area contributed by atoms with Crippen molar-refractivity contribution in [3.05, 3.63) is 12.2 Å². The first-order valence-corrected chi connectivity index (χ1v) is 18.0. The molecule has 0 aromatic carbocycles. The molecule has 180 valence electrons. The molecule has 0 aliphatic heterocycles. The van der Waals surface area contributed by atoms with Gasteiger partial charge in [-0.15, -0.1) is 0 Å². The van der Waals surface area contributed by atoms with Gasteiger partial charge in [-0.3, -0.25) is 4.79 Å². The minimum Gasteiger partial charge on any atom is -0.417 e. The molecule has 0 amide bonds. The van der Waals surface area contributed by atoms with Gasteiger partial charge in [-0.2, -0.15) is 0 Å². The third kappa shape index (κ3) is 5.61. The molecule has 0 unspecified atom stereocenters. The van der Waals surface area contributed by atoms with E-state index in [0.717, 1.165) is 5.57 Å². The van der Waals surface area contributed by atoms with Crippen LogP contribution in [0.25, 0.3) is 0 Å². The van der Waals surface area contributed by atoms with Gasteiger partial charge in [0.2, 0.25) is 0 Å². The van der Waals surface area contributed by atoms with E-state index in [1.807, 2.05) is 0 Å². The third-order valence-electron chi connectivity index (χ3n) is 7.72. The van der Waals surface area contributed by atoms with Crippen LogP contribution in [-0.4, -0.2) is 55.1 Å². The van der Waals surface area contributed by atoms with Crippen molar-refractivity contribution in [1.82, 2.24) is 0 Å². The maximum atomic E-state index is 13.3. The Morgan fingerprint density at radius 1 is 1.16 bits per heavy atom. The van der Waals surface area contributed by atoms with Crippen molar-refractivity contribution < 1.29 is 23.1 Å². The molecule has 0 N–H and O–H groups in total. The first kappa shape index (κ1) is 26.9. The third-order valence-corrected chi connectivity index (χ3v) is 13.2. The summed E-state index contributed by atoms with van der Waals surface area (Å²) in [6, 6.07) is 0. The molecule has 0 radical (unpaired) electrons. The average Bonchev–Trinajstić information content (AvgIpc) is 2.58. The molecule has 7 heteroatoms. The minimum atomic E-state index is -1.95. The molecular weight excluding hydrogens is 424 g/mol. The standard InChI is InChI=1S/C24H46O5Si2/c1-17-20(15-27-16-26-6)19-14-21(25)22(17)24(18(19)2,29-30(7,8)9)12-13-28-31(10,11)23(3,4)5/h17,19-20,22H,2,12-16H2,1,3-11H3/t17-,19-,20-,22+,24-/m0/s1. The van der Waals surface area contributed by atoms with E-state index in [4.69, 9.17) is 18.3 Å². The summed E-state index contributed by atoms with van der Waals surface area (Å²) >= 11 is 0. The molecule has 5 atom stereocenters. The van der Waals surface area contributed by atoms with Crippen molar-refractivity contribution in [2.75, 3.05) is 27.1 Å². The van der Waals surface area contributed by atoms with Gasteiger partial charge < -0.3 is 18.3 Å². The summed E-state index contributed by atoms with van der Waals surface area (Å²) in [5.74, 6) is 0.672. The largest absolute Gasteiger partial charge is 0.417 e. The van der Waals surface area contributed by atoms with Crippen molar-refractivity contribution >= 4 is 22.4 Å². The predicted molar refractivity (Wildman–Crippen MR) is 131 cm³/mol. The Morgan fingerprint density at radius 2 is 1.77 bits per heavy atom. The zero-order valence-corrected chi connectivity index (χ0v) is 23.6. The topological polar surface area (TPSA) is 54.0 Å². The number of methoxy groups -OCH3 is 1. The highest BCUT2D eigenvalue weighted by molar-refractivity contribution is 6.74. The summed E-state index contributed by atoms with van der Waals surface area (Å²) in [5, 5.41) is 0.148. The van der Waals surface area contributed by atoms with E-state index in [2.05, 4.69) is 67.0 Å². The molecule has 3 aliphatic rings. The number of Topliss-reactive ketones (excluding diaryl/α,β-unsaturated/α-hetero) is 1. The zero-order valence-electron chi connectivity index (χ0n) is 21.6. The van der Waals surface area contributed by atoms with E-state index < -0.39 is 22.2 Å². The lowest BCUT2D eigenvalue weighted by Gasteiger charge is -2.60. The molecular formula is C24H46O5Si2. The lowest BCUT2D eigenvalue weighted by molar-refractivity contribution is -0.158. The fraction of sp³-hybridized carbons (Fsp3) is 0.875. The average molecular weight is 471 g/mol. The van der Waals surface area contributed by atoms with Crippen molar-refractivity contribution in [3.8, 4) is 0 Å². The number of carbonyl (C=O) groups is 1. The molecule has 0 saturated heterocycles. The lowest BCUT2D eigenvalue weighted by atomic mass is 9.50. The molecule has 31 heavy (non-hydrogen) atoms. The summed E-state index contributed by atoms with van der Waals surface area (Å²) in [6.45, 7) is 26.1. The quantitative estimate of drug-likeness (QED) is 0.179. The molecule has 3 saturated carbocycles. The van der Waals surface area contributed by atoms with Crippen molar-refractivity contribution in [1.29, 1.82) is 0 Å². The van der Waals surface area contributed by atoms with Crippen LogP contribution in [0, 0.1) is 23.7 Å². The monoisotopic (exact) mass is 470 g/mol. The number of carbonyl (C=O) groups excluding carboxylic acids is 1. The highest BCUT2D eigenvalue weighted by Gasteiger charge is 2.62. The minimum absolute atomic E-state index is 0.0913. The van der Waals surface area contributed by atoms with Crippen molar-refractivity contribution in [3.63, 3.8) is 0 Å². The summed E-state index contributed by atoms with van der Waals surface area (Å²) in [6.07, 6.45) is 1.25. The van der Waals surface area contributed by atoms with Gasteiger partial charge in [-0.25, -0.2) is 0 Å². The summed E-state index contributed by atoms with van der Waals surface area (Å²) in [4.78, 5) is 13.3. The van der Waals surface area contributed by atoms with E-state index >= 15 is 0 Å². The maximum Gasteiger partial charge on any atom is 0.191 e. The van der Waals surface area contributed by atoms with Gasteiger partial charge in [0, 0.05) is 26.6 Å². The Labute approximate surface area is 192 Å². The summed E-state index contributed by atoms with van der Waals surface area (Å²) < 4.78 is 24.3. The molecule has 0 aromatic rings. The van der Waals surface area contributed by atoms with Crippen LogP contribution in [0.15, 0.2) is 12.2 Å². The smallest absolute Gasteiger partial charge is 0.191 e. The van der Waals surface area contributed by atoms with Crippen LogP contribution in [0.5, 0.6) is 0 Å². The molecule has 0 aromatic heterocycles. The van der Waals surface area contributed by atoms with Crippen LogP contribution in [0.4, 0.5) is 0 Å². The normalized spacial score (nSPS) is 32.1. The SMILES string of the molecule is C=C1[C@@H]2CC(=O)[C@@H]([C@@H](C)[C@@H]2COCOC)[C@@]1(CCO[Si](C)(C)C(C)(C)C)O[Si](C)(C)C. The summed E-state index contributed by atoms with van der Waals surface area (Å²) in [7, 11) is -2.20. The summed E-state index contributed by atoms with van der Waals surface area (Å²) in [5.41, 5.74) is 0.465. The zero-order chi connectivity index (χ0) is 23.8. The Hall–Kier alpha value is -0.316. The van der Waals surface area contributed by atoms with Gasteiger partial charge in [0.25, 0.3) is 0 Å². The van der Waals surface area contributed by atoms with Gasteiger partial charge in [-0.1, -0.05) is 34.3 Å². The van der Waals surface area contributed by atoms with E-state index in [0.29, 0.717) is 31.8 Å². The van der Waals surface area contributed by atoms with E-state index in [-0.39, 0.29) is 35.5 Å². The Balaban J connectivity index is 2.33.